The second kappa shape index (κ2) is 15.9. The fraction of sp³-hybridized carbons (Fsp3) is 0.727. The van der Waals surface area contributed by atoms with Crippen molar-refractivity contribution in [3.05, 3.63) is 0 Å². The number of rotatable bonds is 5. The van der Waals surface area contributed by atoms with Crippen LogP contribution in [-0.2, 0) is 14.4 Å². The quantitative estimate of drug-likeness (QED) is 0.460. The van der Waals surface area contributed by atoms with E-state index in [1.165, 1.54) is 13.8 Å². The minimum Gasteiger partial charge on any atom is -0.394 e. The Bertz CT molecular complexity index is 244. The number of nitrogens with two attached hydrogens (primary N) is 2. The molecule has 0 aromatic rings. The lowest BCUT2D eigenvalue weighted by molar-refractivity contribution is -0.119. The molecule has 0 aliphatic heterocycles. The SMILES string of the molecule is CC(=O)CN.CC(=O)[C@H](N)CO.CNCC(C)=O. The summed E-state index contributed by atoms with van der Waals surface area (Å²) >= 11 is 0. The number of hydrogen-bond acceptors (Lipinski definition) is 7. The first-order valence-corrected chi connectivity index (χ1v) is 5.43. The zero-order valence-corrected chi connectivity index (χ0v) is 11.5. The lowest BCUT2D eigenvalue weighted by Crippen LogP contribution is -2.31. The largest absolute Gasteiger partial charge is 0.394 e. The van der Waals surface area contributed by atoms with Gasteiger partial charge in [0.2, 0.25) is 0 Å². The fourth-order valence-corrected chi connectivity index (χ4v) is 0.378. The molecule has 7 heteroatoms. The van der Waals surface area contributed by atoms with Crippen molar-refractivity contribution in [1.29, 1.82) is 0 Å². The van der Waals surface area contributed by atoms with Crippen LogP contribution in [0.1, 0.15) is 20.8 Å². The molecule has 0 aromatic heterocycles. The molecule has 0 radical (unpaired) electrons. The van der Waals surface area contributed by atoms with Crippen LogP contribution in [0, 0.1) is 0 Å². The van der Waals surface area contributed by atoms with E-state index >= 15 is 0 Å². The van der Waals surface area contributed by atoms with E-state index in [0.29, 0.717) is 6.54 Å². The van der Waals surface area contributed by atoms with Crippen LogP contribution < -0.4 is 16.8 Å². The predicted octanol–water partition coefficient (Wildman–Crippen LogP) is -1.78. The number of aliphatic hydroxyl groups is 1. The summed E-state index contributed by atoms with van der Waals surface area (Å²) in [4.78, 5) is 29.8. The molecular formula is C11H25N3O4. The molecule has 1 atom stereocenters. The summed E-state index contributed by atoms with van der Waals surface area (Å²) in [6.45, 7) is 4.76. The van der Waals surface area contributed by atoms with Crippen LogP contribution in [0.3, 0.4) is 0 Å². The van der Waals surface area contributed by atoms with Gasteiger partial charge < -0.3 is 21.9 Å². The third kappa shape index (κ3) is 29.4. The average molecular weight is 263 g/mol. The third-order valence-corrected chi connectivity index (χ3v) is 1.43. The van der Waals surface area contributed by atoms with Crippen LogP contribution in [0.4, 0.5) is 0 Å². The second-order valence-corrected chi connectivity index (χ2v) is 3.54. The molecule has 0 aromatic carbocycles. The van der Waals surface area contributed by atoms with E-state index in [1.807, 2.05) is 0 Å². The minimum absolute atomic E-state index is 0.0324. The molecule has 0 bridgehead atoms. The van der Waals surface area contributed by atoms with Gasteiger partial charge in [-0.3, -0.25) is 14.4 Å². The van der Waals surface area contributed by atoms with Crippen molar-refractivity contribution in [2.24, 2.45) is 11.5 Å². The van der Waals surface area contributed by atoms with Crippen molar-refractivity contribution < 1.29 is 19.5 Å². The highest BCUT2D eigenvalue weighted by Crippen LogP contribution is 1.74. The van der Waals surface area contributed by atoms with Gasteiger partial charge in [-0.15, -0.1) is 0 Å². The van der Waals surface area contributed by atoms with Gasteiger partial charge in [0.1, 0.15) is 17.3 Å². The molecule has 0 amide bonds. The van der Waals surface area contributed by atoms with E-state index in [9.17, 15) is 14.4 Å². The van der Waals surface area contributed by atoms with Crippen LogP contribution in [0.5, 0.6) is 0 Å². The van der Waals surface area contributed by atoms with E-state index in [4.69, 9.17) is 16.6 Å². The highest BCUT2D eigenvalue weighted by molar-refractivity contribution is 5.81. The van der Waals surface area contributed by atoms with Gasteiger partial charge in [-0.1, -0.05) is 0 Å². The van der Waals surface area contributed by atoms with Crippen molar-refractivity contribution in [3.63, 3.8) is 0 Å². The summed E-state index contributed by atoms with van der Waals surface area (Å²) < 4.78 is 0. The Hall–Kier alpha value is -1.15. The van der Waals surface area contributed by atoms with E-state index in [0.717, 1.165) is 0 Å². The van der Waals surface area contributed by atoms with Gasteiger partial charge in [-0.25, -0.2) is 0 Å². The molecule has 0 saturated heterocycles. The summed E-state index contributed by atoms with van der Waals surface area (Å²) in [6, 6.07) is -0.681. The van der Waals surface area contributed by atoms with E-state index in [-0.39, 0.29) is 30.5 Å². The van der Waals surface area contributed by atoms with Gasteiger partial charge in [0, 0.05) is 0 Å². The Kier molecular flexibility index (Phi) is 19.4. The molecule has 108 valence electrons. The Balaban J connectivity index is -0.000000190. The first-order valence-electron chi connectivity index (χ1n) is 5.43. The zero-order chi connectivity index (χ0) is 15.1. The summed E-state index contributed by atoms with van der Waals surface area (Å²) in [5.41, 5.74) is 9.84. The number of likely N-dealkylation sites (N-methyl/N-ethyl adjacent to an activating group) is 1. The molecule has 0 heterocycles. The Morgan fingerprint density at radius 3 is 1.56 bits per heavy atom. The first kappa shape index (κ1) is 22.1. The van der Waals surface area contributed by atoms with Gasteiger partial charge in [-0.05, 0) is 27.8 Å². The average Bonchev–Trinajstić information content (AvgIpc) is 2.29. The number of aliphatic hydroxyl groups excluding tert-OH is 1. The van der Waals surface area contributed by atoms with Crippen LogP contribution in [0.2, 0.25) is 0 Å². The molecule has 0 spiro atoms. The van der Waals surface area contributed by atoms with Gasteiger partial charge in [-0.2, -0.15) is 0 Å². The minimum atomic E-state index is -0.681. The number of ketones is 3. The van der Waals surface area contributed by atoms with Crippen molar-refractivity contribution in [2.45, 2.75) is 26.8 Å². The highest BCUT2D eigenvalue weighted by Gasteiger charge is 2.02. The van der Waals surface area contributed by atoms with Gasteiger partial charge >= 0.3 is 0 Å². The van der Waals surface area contributed by atoms with Gasteiger partial charge in [0.25, 0.3) is 0 Å². The van der Waals surface area contributed by atoms with Crippen molar-refractivity contribution in [2.75, 3.05) is 26.7 Å². The number of carbonyl (C=O) groups excluding carboxylic acids is 3. The Labute approximate surface area is 108 Å². The smallest absolute Gasteiger partial charge is 0.148 e. The second-order valence-electron chi connectivity index (χ2n) is 3.54. The van der Waals surface area contributed by atoms with Crippen molar-refractivity contribution >= 4 is 17.3 Å². The third-order valence-electron chi connectivity index (χ3n) is 1.43. The molecule has 7 nitrogen and oxygen atoms in total. The first-order chi connectivity index (χ1) is 8.22. The molecule has 0 rings (SSSR count). The zero-order valence-electron chi connectivity index (χ0n) is 11.5. The maximum Gasteiger partial charge on any atom is 0.148 e. The van der Waals surface area contributed by atoms with Gasteiger partial charge in [0.15, 0.2) is 0 Å². The lowest BCUT2D eigenvalue weighted by atomic mass is 10.2. The monoisotopic (exact) mass is 263 g/mol. The summed E-state index contributed by atoms with van der Waals surface area (Å²) in [6.07, 6.45) is 0. The molecule has 0 unspecified atom stereocenters. The number of nitrogens with one attached hydrogen (secondary N) is 1. The van der Waals surface area contributed by atoms with Crippen LogP contribution in [0.15, 0.2) is 0 Å². The molecule has 0 aliphatic carbocycles. The van der Waals surface area contributed by atoms with Crippen LogP contribution >= 0.6 is 0 Å². The molecule has 0 aliphatic rings. The summed E-state index contributed by atoms with van der Waals surface area (Å²) in [7, 11) is 1.75. The number of hydrogen-bond donors (Lipinski definition) is 4. The lowest BCUT2D eigenvalue weighted by Gasteiger charge is -1.98. The number of Topliss-reactive ketones (excluding diaryl/α,β-unsaturated/α-hetero) is 3. The Morgan fingerprint density at radius 2 is 1.56 bits per heavy atom. The fourth-order valence-electron chi connectivity index (χ4n) is 0.378. The topological polar surface area (TPSA) is 136 Å². The van der Waals surface area contributed by atoms with Crippen LogP contribution in [-0.4, -0.2) is 55.2 Å². The Morgan fingerprint density at radius 1 is 1.17 bits per heavy atom. The molecular weight excluding hydrogens is 238 g/mol. The maximum absolute atomic E-state index is 10.1. The van der Waals surface area contributed by atoms with Gasteiger partial charge in [0.05, 0.1) is 25.7 Å². The van der Waals surface area contributed by atoms with E-state index < -0.39 is 6.04 Å². The maximum atomic E-state index is 10.1. The molecule has 18 heavy (non-hydrogen) atoms. The molecule has 0 saturated carbocycles. The summed E-state index contributed by atoms with van der Waals surface area (Å²) in [5, 5.41) is 10.9. The summed E-state index contributed by atoms with van der Waals surface area (Å²) in [5.74, 6) is 0.0324. The molecule has 0 fully saturated rings. The number of carbonyl (C=O) groups is 3. The normalized spacial score (nSPS) is 10.2. The van der Waals surface area contributed by atoms with E-state index in [1.54, 1.807) is 14.0 Å². The highest BCUT2D eigenvalue weighted by atomic mass is 16.3. The predicted molar refractivity (Wildman–Crippen MR) is 70.1 cm³/mol. The van der Waals surface area contributed by atoms with Crippen molar-refractivity contribution in [3.8, 4) is 0 Å². The van der Waals surface area contributed by atoms with E-state index in [2.05, 4.69) is 5.32 Å². The standard InChI is InChI=1S/C4H9NO2.C4H9NO.C3H7NO/c1-3(7)4(5)2-6;1-4(6)3-5-2;1-3(5)2-4/h4,6H,2,5H2,1H3;5H,3H2,1-2H3;2,4H2,1H3/t4-;;/m1../s1. The van der Waals surface area contributed by atoms with Crippen molar-refractivity contribution in [1.82, 2.24) is 5.32 Å². The molecule has 6 N–H and O–H groups in total. The van der Waals surface area contributed by atoms with Crippen LogP contribution in [0.25, 0.3) is 0 Å².